The summed E-state index contributed by atoms with van der Waals surface area (Å²) in [7, 11) is 5.51. The minimum atomic E-state index is -0.470. The first kappa shape index (κ1) is 22.6. The molecule has 3 aromatic rings. The molecule has 0 fully saturated rings. The van der Waals surface area contributed by atoms with Crippen LogP contribution in [0.2, 0.25) is 0 Å². The molecule has 0 amide bonds. The van der Waals surface area contributed by atoms with E-state index in [1.54, 1.807) is 0 Å². The van der Waals surface area contributed by atoms with Gasteiger partial charge in [0.25, 0.3) is 0 Å². The predicted molar refractivity (Wildman–Crippen MR) is 127 cm³/mol. The fourth-order valence-corrected chi connectivity index (χ4v) is 3.63. The van der Waals surface area contributed by atoms with Gasteiger partial charge in [-0.05, 0) is 62.4 Å². The number of aromatic nitrogens is 1. The number of benzene rings is 2. The number of nitrogens with zero attached hydrogens (tertiary/aromatic N) is 2. The van der Waals surface area contributed by atoms with E-state index in [9.17, 15) is 4.79 Å². The number of hydrogen-bond acceptors (Lipinski definition) is 5. The summed E-state index contributed by atoms with van der Waals surface area (Å²) in [5, 5.41) is 1.10. The Morgan fingerprint density at radius 3 is 2.42 bits per heavy atom. The van der Waals surface area contributed by atoms with Gasteiger partial charge in [-0.3, -0.25) is 4.79 Å². The first-order valence-electron chi connectivity index (χ1n) is 10.7. The summed E-state index contributed by atoms with van der Waals surface area (Å²) >= 11 is 0. The van der Waals surface area contributed by atoms with Crippen LogP contribution in [0, 0.1) is 5.41 Å². The summed E-state index contributed by atoms with van der Waals surface area (Å²) < 4.78 is 10.9. The van der Waals surface area contributed by atoms with Crippen LogP contribution in [-0.2, 0) is 9.53 Å². The molecule has 0 atom stereocenters. The van der Waals surface area contributed by atoms with E-state index in [1.807, 2.05) is 52.2 Å². The molecule has 0 bridgehead atoms. The van der Waals surface area contributed by atoms with Gasteiger partial charge in [0, 0.05) is 31.2 Å². The van der Waals surface area contributed by atoms with Crippen LogP contribution in [0.5, 0.6) is 5.88 Å². The number of rotatable bonds is 9. The summed E-state index contributed by atoms with van der Waals surface area (Å²) in [6.45, 7) is 4.39. The number of fused-ring (bicyclic) bond motifs is 1. The Hall–Kier alpha value is -3.08. The Morgan fingerprint density at radius 2 is 1.74 bits per heavy atom. The van der Waals surface area contributed by atoms with Crippen molar-refractivity contribution in [1.29, 1.82) is 0 Å². The second-order valence-corrected chi connectivity index (χ2v) is 8.65. The minimum absolute atomic E-state index is 0.172. The average Bonchev–Trinajstić information content (AvgIpc) is 2.77. The second kappa shape index (κ2) is 9.82. The lowest BCUT2D eigenvalue weighted by Crippen LogP contribution is -2.25. The molecule has 0 saturated heterocycles. The number of carbonyl (C=O) groups excluding carboxylic acids is 1. The monoisotopic (exact) mass is 420 g/mol. The smallest absolute Gasteiger partial charge is 0.311 e. The zero-order chi connectivity index (χ0) is 22.4. The lowest BCUT2D eigenvalue weighted by molar-refractivity contribution is -0.151. The van der Waals surface area contributed by atoms with Gasteiger partial charge < -0.3 is 14.4 Å². The molecule has 2 aromatic carbocycles. The summed E-state index contributed by atoms with van der Waals surface area (Å²) in [4.78, 5) is 18.6. The molecule has 0 saturated carbocycles. The molecular formula is C26H32N2O3. The highest BCUT2D eigenvalue weighted by Gasteiger charge is 2.27. The lowest BCUT2D eigenvalue weighted by atomic mass is 9.87. The quantitative estimate of drug-likeness (QED) is 0.327. The molecule has 3 rings (SSSR count). The molecule has 0 radical (unpaired) electrons. The van der Waals surface area contributed by atoms with E-state index in [4.69, 9.17) is 14.5 Å². The molecule has 164 valence electrons. The zero-order valence-electron chi connectivity index (χ0n) is 19.1. The normalized spacial score (nSPS) is 11.4. The maximum absolute atomic E-state index is 11.8. The van der Waals surface area contributed by atoms with Crippen molar-refractivity contribution in [2.45, 2.75) is 33.1 Å². The van der Waals surface area contributed by atoms with Crippen molar-refractivity contribution in [1.82, 2.24) is 4.98 Å². The van der Waals surface area contributed by atoms with Crippen LogP contribution in [0.25, 0.3) is 22.0 Å². The maximum Gasteiger partial charge on any atom is 0.311 e. The van der Waals surface area contributed by atoms with Crippen LogP contribution >= 0.6 is 0 Å². The summed E-state index contributed by atoms with van der Waals surface area (Å²) in [6.07, 6.45) is 2.49. The van der Waals surface area contributed by atoms with Gasteiger partial charge in [-0.2, -0.15) is 0 Å². The zero-order valence-corrected chi connectivity index (χ0v) is 19.1. The Labute approximate surface area is 185 Å². The molecule has 5 heteroatoms. The van der Waals surface area contributed by atoms with E-state index in [2.05, 4.69) is 35.2 Å². The molecular weight excluding hydrogens is 388 g/mol. The number of hydrogen-bond donors (Lipinski definition) is 0. The second-order valence-electron chi connectivity index (χ2n) is 8.65. The van der Waals surface area contributed by atoms with Crippen molar-refractivity contribution < 1.29 is 14.3 Å². The van der Waals surface area contributed by atoms with Crippen LogP contribution in [0.4, 0.5) is 5.69 Å². The molecule has 1 heterocycles. The Balaban J connectivity index is 1.73. The van der Waals surface area contributed by atoms with E-state index in [1.165, 1.54) is 7.11 Å². The molecule has 0 aliphatic heterocycles. The molecule has 0 spiro atoms. The summed E-state index contributed by atoms with van der Waals surface area (Å²) in [6, 6.07) is 18.7. The average molecular weight is 421 g/mol. The Bertz CT molecular complexity index is 1030. The van der Waals surface area contributed by atoms with Gasteiger partial charge in [0.15, 0.2) is 0 Å². The largest absolute Gasteiger partial charge is 0.478 e. The van der Waals surface area contributed by atoms with Crippen molar-refractivity contribution >= 4 is 22.6 Å². The fourth-order valence-electron chi connectivity index (χ4n) is 3.63. The summed E-state index contributed by atoms with van der Waals surface area (Å²) in [5.41, 5.74) is 3.85. The molecule has 0 N–H and O–H groups in total. The molecule has 0 unspecified atom stereocenters. The SMILES string of the molecule is COC(=O)C(C)(C)CCCCOc1cc(-c2ccc(N(C)C)cc2)c2ccccc2n1. The maximum atomic E-state index is 11.8. The van der Waals surface area contributed by atoms with E-state index < -0.39 is 5.41 Å². The van der Waals surface area contributed by atoms with Crippen LogP contribution < -0.4 is 9.64 Å². The third kappa shape index (κ3) is 5.54. The van der Waals surface area contributed by atoms with Gasteiger partial charge >= 0.3 is 5.97 Å². The molecule has 31 heavy (non-hydrogen) atoms. The van der Waals surface area contributed by atoms with Crippen molar-refractivity contribution in [3.63, 3.8) is 0 Å². The third-order valence-corrected chi connectivity index (χ3v) is 5.57. The van der Waals surface area contributed by atoms with Gasteiger partial charge in [-0.25, -0.2) is 4.98 Å². The van der Waals surface area contributed by atoms with Gasteiger partial charge in [0.2, 0.25) is 5.88 Å². The predicted octanol–water partition coefficient (Wildman–Crippen LogP) is 5.72. The first-order chi connectivity index (χ1) is 14.8. The first-order valence-corrected chi connectivity index (χ1v) is 10.7. The van der Waals surface area contributed by atoms with Crippen LogP contribution in [0.3, 0.4) is 0 Å². The topological polar surface area (TPSA) is 51.7 Å². The Morgan fingerprint density at radius 1 is 1.03 bits per heavy atom. The molecule has 0 aliphatic rings. The Kier molecular flexibility index (Phi) is 7.16. The fraction of sp³-hybridized carbons (Fsp3) is 0.385. The van der Waals surface area contributed by atoms with Crippen LogP contribution in [0.15, 0.2) is 54.6 Å². The number of carbonyl (C=O) groups is 1. The van der Waals surface area contributed by atoms with Crippen LogP contribution in [0.1, 0.15) is 33.1 Å². The van der Waals surface area contributed by atoms with Gasteiger partial charge in [-0.15, -0.1) is 0 Å². The van der Waals surface area contributed by atoms with E-state index in [0.717, 1.165) is 47.0 Å². The number of para-hydroxylation sites is 1. The number of pyridine rings is 1. The van der Waals surface area contributed by atoms with E-state index >= 15 is 0 Å². The van der Waals surface area contributed by atoms with E-state index in [-0.39, 0.29) is 5.97 Å². The van der Waals surface area contributed by atoms with E-state index in [0.29, 0.717) is 12.5 Å². The van der Waals surface area contributed by atoms with Gasteiger partial charge in [0.05, 0.1) is 24.6 Å². The van der Waals surface area contributed by atoms with Gasteiger partial charge in [-0.1, -0.05) is 30.3 Å². The molecule has 0 aliphatic carbocycles. The highest BCUT2D eigenvalue weighted by atomic mass is 16.5. The number of ether oxygens (including phenoxy) is 2. The number of anilines is 1. The van der Waals surface area contributed by atoms with Crippen LogP contribution in [-0.4, -0.2) is 38.8 Å². The highest BCUT2D eigenvalue weighted by Crippen LogP contribution is 2.32. The van der Waals surface area contributed by atoms with Crippen molar-refractivity contribution in [2.75, 3.05) is 32.7 Å². The lowest BCUT2D eigenvalue weighted by Gasteiger charge is -2.21. The van der Waals surface area contributed by atoms with Gasteiger partial charge in [0.1, 0.15) is 0 Å². The molecule has 1 aromatic heterocycles. The summed E-state index contributed by atoms with van der Waals surface area (Å²) in [5.74, 6) is 0.451. The highest BCUT2D eigenvalue weighted by molar-refractivity contribution is 5.95. The minimum Gasteiger partial charge on any atom is -0.478 e. The van der Waals surface area contributed by atoms with Crippen molar-refractivity contribution in [3.05, 3.63) is 54.6 Å². The standard InChI is InChI=1S/C26H32N2O3/c1-26(2,25(29)30-5)16-8-9-17-31-24-18-22(21-10-6-7-11-23(21)27-24)19-12-14-20(15-13-19)28(3)4/h6-7,10-15,18H,8-9,16-17H2,1-5H3. The molecule has 5 nitrogen and oxygen atoms in total. The number of methoxy groups -OCH3 is 1. The van der Waals surface area contributed by atoms with Crippen molar-refractivity contribution in [3.8, 4) is 17.0 Å². The number of esters is 1. The van der Waals surface area contributed by atoms with Crippen molar-refractivity contribution in [2.24, 2.45) is 5.41 Å². The number of unbranched alkanes of at least 4 members (excludes halogenated alkanes) is 1. The third-order valence-electron chi connectivity index (χ3n) is 5.57.